The fourth-order valence-corrected chi connectivity index (χ4v) is 7.74. The molecule has 0 N–H and O–H groups in total. The first-order valence-corrected chi connectivity index (χ1v) is 15.2. The van der Waals surface area contributed by atoms with Crippen molar-refractivity contribution in [1.29, 1.82) is 0 Å². The summed E-state index contributed by atoms with van der Waals surface area (Å²) in [5.41, 5.74) is 6.22. The Morgan fingerprint density at radius 3 is 1.63 bits per heavy atom. The van der Waals surface area contributed by atoms with E-state index in [9.17, 15) is 4.39 Å². The molecule has 5 aromatic carbocycles. The van der Waals surface area contributed by atoms with E-state index in [2.05, 4.69) is 120 Å². The van der Waals surface area contributed by atoms with Gasteiger partial charge in [-0.2, -0.15) is 0 Å². The summed E-state index contributed by atoms with van der Waals surface area (Å²) in [5.74, 6) is 1.97. The lowest BCUT2D eigenvalue weighted by Crippen LogP contribution is -2.46. The SMILES string of the molecule is BC=C(c1ccccc1)c1ccccc1.Fc1cccc([SiH2]C(c2ccccc2)(c2ccccc2)n2ccnc2)c1. The van der Waals surface area contributed by atoms with Crippen LogP contribution in [0.4, 0.5) is 4.39 Å². The standard InChI is InChI=1S/C22H19FN2Si.C14H13B/c23-20-12-7-13-21(16-20)26-22(25-15-14-24-17-25,18-8-3-1-4-9-18)19-10-5-2-6-11-19;15-11-14(12-7-3-1-4-8-12)13-9-5-2-6-10-13/h1-17H,26H2;1-11H,15H2. The Hall–Kier alpha value is -4.74. The summed E-state index contributed by atoms with van der Waals surface area (Å²) in [6, 6.07) is 48.8. The van der Waals surface area contributed by atoms with Crippen LogP contribution in [0.1, 0.15) is 22.3 Å². The van der Waals surface area contributed by atoms with Gasteiger partial charge in [-0.1, -0.05) is 139 Å². The number of rotatable bonds is 7. The largest absolute Gasteiger partial charge is 0.326 e. The molecule has 0 saturated carbocycles. The maximum absolute atomic E-state index is 13.9. The Morgan fingerprint density at radius 2 is 1.20 bits per heavy atom. The van der Waals surface area contributed by atoms with Crippen molar-refractivity contribution < 1.29 is 4.39 Å². The fourth-order valence-electron chi connectivity index (χ4n) is 5.35. The highest BCUT2D eigenvalue weighted by atomic mass is 28.2. The van der Waals surface area contributed by atoms with Gasteiger partial charge >= 0.3 is 0 Å². The number of hydrogen-bond donors (Lipinski definition) is 0. The third-order valence-electron chi connectivity index (χ3n) is 7.26. The van der Waals surface area contributed by atoms with E-state index in [4.69, 9.17) is 0 Å². The maximum atomic E-state index is 13.9. The Kier molecular flexibility index (Phi) is 9.20. The van der Waals surface area contributed by atoms with Crippen molar-refractivity contribution in [3.8, 4) is 0 Å². The average Bonchev–Trinajstić information content (AvgIpc) is 3.58. The van der Waals surface area contributed by atoms with E-state index >= 15 is 0 Å². The van der Waals surface area contributed by atoms with Gasteiger partial charge in [-0.05, 0) is 40.0 Å². The number of benzene rings is 5. The molecular weight excluding hydrogens is 518 g/mol. The van der Waals surface area contributed by atoms with Crippen LogP contribution in [-0.4, -0.2) is 26.9 Å². The minimum atomic E-state index is -1.01. The van der Waals surface area contributed by atoms with E-state index in [-0.39, 0.29) is 11.0 Å². The molecular formula is C36H32BFN2Si. The summed E-state index contributed by atoms with van der Waals surface area (Å²) < 4.78 is 16.1. The van der Waals surface area contributed by atoms with Crippen molar-refractivity contribution in [1.82, 2.24) is 9.55 Å². The van der Waals surface area contributed by atoms with Crippen molar-refractivity contribution in [3.63, 3.8) is 0 Å². The lowest BCUT2D eigenvalue weighted by atomic mass is 9.92. The molecule has 0 atom stereocenters. The summed E-state index contributed by atoms with van der Waals surface area (Å²) in [5, 5.41) is 0.707. The topological polar surface area (TPSA) is 17.8 Å². The second-order valence-electron chi connectivity index (χ2n) is 9.80. The van der Waals surface area contributed by atoms with Gasteiger partial charge in [0, 0.05) is 12.4 Å². The predicted octanol–water partition coefficient (Wildman–Crippen LogP) is 5.97. The zero-order chi connectivity index (χ0) is 28.3. The highest BCUT2D eigenvalue weighted by molar-refractivity contribution is 6.57. The quantitative estimate of drug-likeness (QED) is 0.224. The molecule has 0 unspecified atom stereocenters. The smallest absolute Gasteiger partial charge is 0.130 e. The minimum absolute atomic E-state index is 0.185. The fraction of sp³-hybridized carbons (Fsp3) is 0.0278. The summed E-state index contributed by atoms with van der Waals surface area (Å²) in [7, 11) is 1.07. The molecule has 6 aromatic rings. The molecule has 6 rings (SSSR count). The van der Waals surface area contributed by atoms with Crippen molar-refractivity contribution >= 4 is 28.1 Å². The van der Waals surface area contributed by atoms with Crippen LogP contribution in [0.2, 0.25) is 0 Å². The molecule has 5 heteroatoms. The first-order chi connectivity index (χ1) is 20.2. The molecule has 0 saturated heterocycles. The van der Waals surface area contributed by atoms with Gasteiger partial charge in [0.1, 0.15) is 13.7 Å². The number of nitrogens with zero attached hydrogens (tertiary/aromatic N) is 2. The van der Waals surface area contributed by atoms with E-state index in [1.165, 1.54) is 33.9 Å². The van der Waals surface area contributed by atoms with Crippen LogP contribution in [-0.2, 0) is 5.16 Å². The van der Waals surface area contributed by atoms with E-state index in [0.29, 0.717) is 0 Å². The predicted molar refractivity (Wildman–Crippen MR) is 174 cm³/mol. The molecule has 41 heavy (non-hydrogen) atoms. The number of aromatic nitrogens is 2. The molecule has 0 spiro atoms. The second kappa shape index (κ2) is 13.6. The number of hydrogen-bond acceptors (Lipinski definition) is 1. The van der Waals surface area contributed by atoms with E-state index in [1.54, 1.807) is 18.3 Å². The van der Waals surface area contributed by atoms with Crippen molar-refractivity contribution in [2.24, 2.45) is 0 Å². The third kappa shape index (κ3) is 6.54. The van der Waals surface area contributed by atoms with E-state index in [0.717, 1.165) is 5.19 Å². The van der Waals surface area contributed by atoms with Gasteiger partial charge in [0.15, 0.2) is 0 Å². The first-order valence-electron chi connectivity index (χ1n) is 13.8. The second-order valence-corrected chi connectivity index (χ2v) is 12.0. The van der Waals surface area contributed by atoms with Crippen LogP contribution < -0.4 is 5.19 Å². The minimum Gasteiger partial charge on any atom is -0.326 e. The summed E-state index contributed by atoms with van der Waals surface area (Å²) in [6.45, 7) is 0. The van der Waals surface area contributed by atoms with Gasteiger partial charge in [-0.15, -0.1) is 5.98 Å². The van der Waals surface area contributed by atoms with E-state index < -0.39 is 9.52 Å². The van der Waals surface area contributed by atoms with E-state index in [1.807, 2.05) is 42.9 Å². The molecule has 0 aliphatic heterocycles. The molecule has 0 aliphatic rings. The van der Waals surface area contributed by atoms with Crippen LogP contribution in [0.3, 0.4) is 0 Å². The van der Waals surface area contributed by atoms with Crippen molar-refractivity contribution in [2.75, 3.05) is 0 Å². The van der Waals surface area contributed by atoms with Gasteiger partial charge < -0.3 is 4.57 Å². The molecule has 0 fully saturated rings. The Labute approximate surface area is 245 Å². The van der Waals surface area contributed by atoms with Gasteiger partial charge in [-0.25, -0.2) is 9.37 Å². The van der Waals surface area contributed by atoms with Gasteiger partial charge in [0.2, 0.25) is 0 Å². The van der Waals surface area contributed by atoms with Gasteiger partial charge in [0.25, 0.3) is 0 Å². The summed E-state index contributed by atoms with van der Waals surface area (Å²) in [6.07, 6.45) is 5.68. The number of halogens is 1. The van der Waals surface area contributed by atoms with Crippen LogP contribution in [0.25, 0.3) is 5.57 Å². The molecule has 200 valence electrons. The number of imidazole rings is 1. The molecule has 0 radical (unpaired) electrons. The molecule has 1 aromatic heterocycles. The Bertz CT molecular complexity index is 1580. The van der Waals surface area contributed by atoms with Gasteiger partial charge in [0.05, 0.1) is 21.0 Å². The first kappa shape index (κ1) is 27.8. The Morgan fingerprint density at radius 1 is 0.683 bits per heavy atom. The highest BCUT2D eigenvalue weighted by Crippen LogP contribution is 2.33. The molecule has 0 amide bonds. The highest BCUT2D eigenvalue weighted by Gasteiger charge is 2.36. The summed E-state index contributed by atoms with van der Waals surface area (Å²) in [4.78, 5) is 4.31. The molecule has 2 nitrogen and oxygen atoms in total. The lowest BCUT2D eigenvalue weighted by molar-refractivity contribution is 0.596. The molecule has 1 heterocycles. The lowest BCUT2D eigenvalue weighted by Gasteiger charge is -2.37. The summed E-state index contributed by atoms with van der Waals surface area (Å²) >= 11 is 0. The van der Waals surface area contributed by atoms with Crippen molar-refractivity contribution in [3.05, 3.63) is 198 Å². The van der Waals surface area contributed by atoms with Crippen LogP contribution in [0.15, 0.2) is 170 Å². The average molecular weight is 551 g/mol. The van der Waals surface area contributed by atoms with Crippen molar-refractivity contribution in [2.45, 2.75) is 5.16 Å². The van der Waals surface area contributed by atoms with Crippen LogP contribution in [0, 0.1) is 5.82 Å². The van der Waals surface area contributed by atoms with Crippen LogP contribution >= 0.6 is 0 Å². The Balaban J connectivity index is 0.000000191. The van der Waals surface area contributed by atoms with Gasteiger partial charge in [-0.3, -0.25) is 0 Å². The zero-order valence-electron chi connectivity index (χ0n) is 23.1. The molecule has 0 aliphatic carbocycles. The molecule has 0 bridgehead atoms. The zero-order valence-corrected chi connectivity index (χ0v) is 24.6. The third-order valence-corrected chi connectivity index (χ3v) is 9.80. The normalized spacial score (nSPS) is 11.0. The monoisotopic (exact) mass is 550 g/mol. The van der Waals surface area contributed by atoms with Crippen LogP contribution in [0.5, 0.6) is 0 Å². The maximum Gasteiger partial charge on any atom is 0.130 e.